The molecular weight excluding hydrogens is 354 g/mol. The number of nitrogen functional groups attached to an aromatic ring is 1. The molecule has 0 aliphatic heterocycles. The van der Waals surface area contributed by atoms with Crippen LogP contribution in [0.1, 0.15) is 23.9 Å². The van der Waals surface area contributed by atoms with E-state index in [2.05, 4.69) is 21.0 Å². The third-order valence-corrected chi connectivity index (χ3v) is 6.13. The lowest BCUT2D eigenvalue weighted by atomic mass is 10.2. The molecule has 2 aromatic rings. The van der Waals surface area contributed by atoms with Crippen LogP contribution in [0.15, 0.2) is 27.6 Å². The molecule has 114 valence electrons. The van der Waals surface area contributed by atoms with Crippen LogP contribution in [0.25, 0.3) is 0 Å². The van der Waals surface area contributed by atoms with Gasteiger partial charge in [-0.05, 0) is 60.5 Å². The van der Waals surface area contributed by atoms with Gasteiger partial charge in [-0.2, -0.15) is 5.10 Å². The normalized spacial score (nSPS) is 11.8. The number of benzene rings is 1. The molecule has 0 radical (unpaired) electrons. The number of halogens is 1. The van der Waals surface area contributed by atoms with Crippen LogP contribution in [-0.2, 0) is 22.1 Å². The summed E-state index contributed by atoms with van der Waals surface area (Å²) < 4.78 is 27.8. The maximum absolute atomic E-state index is 12.7. The zero-order valence-electron chi connectivity index (χ0n) is 12.2. The van der Waals surface area contributed by atoms with Crippen LogP contribution in [0.4, 0.5) is 5.69 Å². The minimum Gasteiger partial charge on any atom is -0.399 e. The van der Waals surface area contributed by atoms with Crippen molar-refractivity contribution in [1.82, 2.24) is 9.78 Å². The highest BCUT2D eigenvalue weighted by Gasteiger charge is 2.23. The summed E-state index contributed by atoms with van der Waals surface area (Å²) in [7, 11) is -3.45. The van der Waals surface area contributed by atoms with Gasteiger partial charge in [0.1, 0.15) is 0 Å². The van der Waals surface area contributed by atoms with Gasteiger partial charge in [-0.1, -0.05) is 0 Å². The summed E-state index contributed by atoms with van der Waals surface area (Å²) >= 11 is 3.43. The van der Waals surface area contributed by atoms with Gasteiger partial charge in [-0.3, -0.25) is 4.68 Å². The predicted octanol–water partition coefficient (Wildman–Crippen LogP) is 2.84. The topological polar surface area (TPSA) is 78.0 Å². The maximum Gasteiger partial charge on any atom is 0.184 e. The highest BCUT2D eigenvalue weighted by atomic mass is 79.9. The Hall–Kier alpha value is -1.34. The predicted molar refractivity (Wildman–Crippen MR) is 86.8 cm³/mol. The van der Waals surface area contributed by atoms with Gasteiger partial charge in [0.05, 0.1) is 26.5 Å². The zero-order chi connectivity index (χ0) is 15.8. The molecule has 0 amide bonds. The summed E-state index contributed by atoms with van der Waals surface area (Å²) in [6.07, 6.45) is 0. The van der Waals surface area contributed by atoms with E-state index in [1.54, 1.807) is 29.8 Å². The van der Waals surface area contributed by atoms with Gasteiger partial charge in [0.2, 0.25) is 0 Å². The minimum atomic E-state index is -3.45. The van der Waals surface area contributed by atoms with Crippen LogP contribution in [0.2, 0.25) is 0 Å². The lowest BCUT2D eigenvalue weighted by Crippen LogP contribution is -2.12. The average Bonchev–Trinajstić information content (AvgIpc) is 2.65. The Bertz CT molecular complexity index is 782. The first kappa shape index (κ1) is 16.0. The van der Waals surface area contributed by atoms with Crippen LogP contribution in [0, 0.1) is 13.8 Å². The molecule has 0 bridgehead atoms. The summed E-state index contributed by atoms with van der Waals surface area (Å²) in [6, 6.07) is 4.84. The molecule has 0 atom stereocenters. The Morgan fingerprint density at radius 2 is 2.00 bits per heavy atom. The van der Waals surface area contributed by atoms with Crippen molar-refractivity contribution in [2.45, 2.75) is 38.0 Å². The molecule has 0 aliphatic carbocycles. The van der Waals surface area contributed by atoms with E-state index >= 15 is 0 Å². The molecule has 2 N–H and O–H groups in total. The highest BCUT2D eigenvalue weighted by molar-refractivity contribution is 9.10. The number of hydrogen-bond acceptors (Lipinski definition) is 4. The number of rotatable bonds is 4. The fourth-order valence-corrected chi connectivity index (χ4v) is 4.53. The Labute approximate surface area is 133 Å². The van der Waals surface area contributed by atoms with E-state index in [9.17, 15) is 8.42 Å². The number of nitrogens with two attached hydrogens (primary N) is 1. The van der Waals surface area contributed by atoms with Crippen LogP contribution in [-0.4, -0.2) is 18.2 Å². The Morgan fingerprint density at radius 3 is 2.57 bits per heavy atom. The fourth-order valence-electron chi connectivity index (χ4n) is 2.29. The Balaban J connectivity index is 2.47. The van der Waals surface area contributed by atoms with E-state index in [0.717, 1.165) is 10.2 Å². The molecule has 1 aromatic carbocycles. The maximum atomic E-state index is 12.7. The van der Waals surface area contributed by atoms with Crippen LogP contribution in [0.5, 0.6) is 0 Å². The van der Waals surface area contributed by atoms with Gasteiger partial charge in [0, 0.05) is 12.2 Å². The SMILES string of the molecule is CCn1nc(C)c(Br)c1CS(=O)(=O)c1ccc(N)cc1C. The van der Waals surface area contributed by atoms with E-state index in [-0.39, 0.29) is 5.75 Å². The summed E-state index contributed by atoms with van der Waals surface area (Å²) in [4.78, 5) is 0.310. The van der Waals surface area contributed by atoms with Crippen molar-refractivity contribution >= 4 is 31.5 Å². The van der Waals surface area contributed by atoms with Gasteiger partial charge >= 0.3 is 0 Å². The van der Waals surface area contributed by atoms with E-state index in [1.165, 1.54) is 0 Å². The van der Waals surface area contributed by atoms with Crippen LogP contribution < -0.4 is 5.73 Å². The number of aromatic nitrogens is 2. The summed E-state index contributed by atoms with van der Waals surface area (Å²) in [5, 5.41) is 4.33. The second-order valence-electron chi connectivity index (χ2n) is 4.95. The molecule has 1 aromatic heterocycles. The third kappa shape index (κ3) is 3.13. The molecule has 2 rings (SSSR count). The van der Waals surface area contributed by atoms with Crippen molar-refractivity contribution in [2.75, 3.05) is 5.73 Å². The first-order chi connectivity index (χ1) is 9.76. The monoisotopic (exact) mass is 371 g/mol. The Morgan fingerprint density at radius 1 is 1.33 bits per heavy atom. The van der Waals surface area contributed by atoms with Gasteiger partial charge in [-0.15, -0.1) is 0 Å². The van der Waals surface area contributed by atoms with Crippen molar-refractivity contribution in [3.05, 3.63) is 39.6 Å². The van der Waals surface area contributed by atoms with Crippen molar-refractivity contribution in [3.8, 4) is 0 Å². The third-order valence-electron chi connectivity index (χ3n) is 3.31. The fraction of sp³-hybridized carbons (Fsp3) is 0.357. The summed E-state index contributed by atoms with van der Waals surface area (Å²) in [5.41, 5.74) is 8.36. The second kappa shape index (κ2) is 5.81. The Kier molecular flexibility index (Phi) is 4.43. The lowest BCUT2D eigenvalue weighted by Gasteiger charge is -2.10. The number of hydrogen-bond donors (Lipinski definition) is 1. The van der Waals surface area contributed by atoms with Gasteiger partial charge in [0.25, 0.3) is 0 Å². The standard InChI is InChI=1S/C14H18BrN3O2S/c1-4-18-12(14(15)10(3)17-18)8-21(19,20)13-6-5-11(16)7-9(13)2/h5-7H,4,8,16H2,1-3H3. The summed E-state index contributed by atoms with van der Waals surface area (Å²) in [5.74, 6) is -0.0903. The number of aryl methyl sites for hydroxylation is 3. The molecule has 0 spiro atoms. The average molecular weight is 372 g/mol. The van der Waals surface area contributed by atoms with Crippen molar-refractivity contribution in [3.63, 3.8) is 0 Å². The smallest absolute Gasteiger partial charge is 0.184 e. The second-order valence-corrected chi connectivity index (χ2v) is 7.70. The molecular formula is C14H18BrN3O2S. The zero-order valence-corrected chi connectivity index (χ0v) is 14.6. The lowest BCUT2D eigenvalue weighted by molar-refractivity contribution is 0.585. The number of anilines is 1. The van der Waals surface area contributed by atoms with Crippen molar-refractivity contribution in [2.24, 2.45) is 0 Å². The number of nitrogens with zero attached hydrogens (tertiary/aromatic N) is 2. The van der Waals surface area contributed by atoms with E-state index in [1.807, 2.05) is 13.8 Å². The first-order valence-electron chi connectivity index (χ1n) is 6.57. The van der Waals surface area contributed by atoms with Crippen LogP contribution in [0.3, 0.4) is 0 Å². The van der Waals surface area contributed by atoms with Gasteiger partial charge in [-0.25, -0.2) is 8.42 Å². The highest BCUT2D eigenvalue weighted by Crippen LogP contribution is 2.27. The van der Waals surface area contributed by atoms with E-state index < -0.39 is 9.84 Å². The minimum absolute atomic E-state index is 0.0903. The van der Waals surface area contributed by atoms with Gasteiger partial charge in [0.15, 0.2) is 9.84 Å². The number of sulfone groups is 1. The van der Waals surface area contributed by atoms with Crippen molar-refractivity contribution < 1.29 is 8.42 Å². The molecule has 5 nitrogen and oxygen atoms in total. The largest absolute Gasteiger partial charge is 0.399 e. The molecule has 7 heteroatoms. The molecule has 21 heavy (non-hydrogen) atoms. The molecule has 1 heterocycles. The van der Waals surface area contributed by atoms with Gasteiger partial charge < -0.3 is 5.73 Å². The quantitative estimate of drug-likeness (QED) is 0.838. The molecule has 0 saturated carbocycles. The summed E-state index contributed by atoms with van der Waals surface area (Å²) in [6.45, 7) is 6.16. The molecule has 0 fully saturated rings. The molecule has 0 aliphatic rings. The van der Waals surface area contributed by atoms with Crippen molar-refractivity contribution in [1.29, 1.82) is 0 Å². The van der Waals surface area contributed by atoms with Crippen LogP contribution >= 0.6 is 15.9 Å². The molecule has 0 saturated heterocycles. The first-order valence-corrected chi connectivity index (χ1v) is 9.01. The van der Waals surface area contributed by atoms with E-state index in [0.29, 0.717) is 28.4 Å². The van der Waals surface area contributed by atoms with E-state index in [4.69, 9.17) is 5.73 Å². The molecule has 0 unspecified atom stereocenters.